The summed E-state index contributed by atoms with van der Waals surface area (Å²) in [4.78, 5) is 14.8. The number of urea groups is 1. The molecule has 0 spiro atoms. The zero-order valence-electron chi connectivity index (χ0n) is 18.9. The number of fused-ring (bicyclic) bond motifs is 1. The molecule has 1 aromatic carbocycles. The fourth-order valence-electron chi connectivity index (χ4n) is 4.45. The Morgan fingerprint density at radius 2 is 1.94 bits per heavy atom. The van der Waals surface area contributed by atoms with Gasteiger partial charge in [0.1, 0.15) is 5.82 Å². The Bertz CT molecular complexity index is 1080. The highest BCUT2D eigenvalue weighted by atomic mass is 19.1. The Morgan fingerprint density at radius 1 is 1.16 bits per heavy atom. The van der Waals surface area contributed by atoms with Gasteiger partial charge in [0, 0.05) is 25.0 Å². The summed E-state index contributed by atoms with van der Waals surface area (Å²) < 4.78 is 16.7. The molecule has 1 aliphatic carbocycles. The van der Waals surface area contributed by atoms with Crippen molar-refractivity contribution in [1.29, 1.82) is 0 Å². The number of rotatable bonds is 6. The smallest absolute Gasteiger partial charge is 0.319 e. The van der Waals surface area contributed by atoms with Crippen molar-refractivity contribution in [3.05, 3.63) is 54.2 Å². The van der Waals surface area contributed by atoms with E-state index in [9.17, 15) is 9.18 Å². The number of anilines is 2. The minimum atomic E-state index is -0.413. The lowest BCUT2D eigenvalue weighted by Crippen LogP contribution is -2.36. The van der Waals surface area contributed by atoms with Gasteiger partial charge < -0.3 is 15.5 Å². The highest BCUT2D eigenvalue weighted by Crippen LogP contribution is 2.29. The van der Waals surface area contributed by atoms with Gasteiger partial charge in [-0.1, -0.05) is 39.2 Å². The topological polar surface area (TPSA) is 74.6 Å². The maximum atomic E-state index is 14.9. The highest BCUT2D eigenvalue weighted by Gasteiger charge is 2.24. The molecule has 7 nitrogen and oxygen atoms in total. The average molecular weight is 439 g/mol. The summed E-state index contributed by atoms with van der Waals surface area (Å²) in [6.07, 6.45) is 7.69. The second-order valence-electron chi connectivity index (χ2n) is 8.88. The molecular formula is C24H31FN6O. The van der Waals surface area contributed by atoms with Crippen LogP contribution in [0.5, 0.6) is 0 Å². The van der Waals surface area contributed by atoms with Crippen LogP contribution in [0.25, 0.3) is 5.65 Å². The number of aromatic nitrogens is 3. The third kappa shape index (κ3) is 4.69. The molecule has 3 aromatic rings. The van der Waals surface area contributed by atoms with Crippen LogP contribution in [0.4, 0.5) is 20.6 Å². The zero-order valence-corrected chi connectivity index (χ0v) is 18.9. The van der Waals surface area contributed by atoms with Gasteiger partial charge in [-0.2, -0.15) is 0 Å². The van der Waals surface area contributed by atoms with Gasteiger partial charge in [-0.3, -0.25) is 4.40 Å². The van der Waals surface area contributed by atoms with Gasteiger partial charge in [0.15, 0.2) is 11.5 Å². The Kier molecular flexibility index (Phi) is 6.58. The Morgan fingerprint density at radius 3 is 2.66 bits per heavy atom. The average Bonchev–Trinajstić information content (AvgIpc) is 3.21. The molecule has 1 atom stereocenters. The predicted octanol–water partition coefficient (Wildman–Crippen LogP) is 5.16. The lowest BCUT2D eigenvalue weighted by Gasteiger charge is -2.33. The molecule has 1 aliphatic rings. The highest BCUT2D eigenvalue weighted by molar-refractivity contribution is 5.89. The maximum absolute atomic E-state index is 14.9. The summed E-state index contributed by atoms with van der Waals surface area (Å²) in [6.45, 7) is 4.01. The molecule has 0 aliphatic heterocycles. The third-order valence-electron chi connectivity index (χ3n) is 6.28. The third-order valence-corrected chi connectivity index (χ3v) is 6.28. The predicted molar refractivity (Wildman–Crippen MR) is 124 cm³/mol. The van der Waals surface area contributed by atoms with Crippen LogP contribution in [0.3, 0.4) is 0 Å². The van der Waals surface area contributed by atoms with Crippen LogP contribution in [-0.4, -0.2) is 33.7 Å². The molecule has 2 aromatic heterocycles. The van der Waals surface area contributed by atoms with Crippen molar-refractivity contribution in [2.75, 3.05) is 17.3 Å². The largest absolute Gasteiger partial charge is 0.369 e. The fraction of sp³-hybridized carbons (Fsp3) is 0.458. The number of hydrogen-bond acceptors (Lipinski definition) is 4. The van der Waals surface area contributed by atoms with Crippen LogP contribution in [0.15, 0.2) is 42.6 Å². The first kappa shape index (κ1) is 22.0. The van der Waals surface area contributed by atoms with Gasteiger partial charge >= 0.3 is 6.03 Å². The molecule has 2 amide bonds. The molecule has 1 unspecified atom stereocenters. The van der Waals surface area contributed by atoms with Gasteiger partial charge in [-0.25, -0.2) is 9.18 Å². The number of carbonyl (C=O) groups is 1. The molecule has 0 radical (unpaired) electrons. The zero-order chi connectivity index (χ0) is 22.7. The van der Waals surface area contributed by atoms with Gasteiger partial charge in [0.2, 0.25) is 0 Å². The second-order valence-corrected chi connectivity index (χ2v) is 8.88. The van der Waals surface area contributed by atoms with E-state index in [0.717, 1.165) is 18.5 Å². The molecular weight excluding hydrogens is 407 g/mol. The summed E-state index contributed by atoms with van der Waals surface area (Å²) in [5.74, 6) is 0.401. The molecule has 32 heavy (non-hydrogen) atoms. The van der Waals surface area contributed by atoms with Gasteiger partial charge in [-0.15, -0.1) is 10.2 Å². The maximum Gasteiger partial charge on any atom is 0.319 e. The lowest BCUT2D eigenvalue weighted by atomic mass is 9.94. The molecule has 2 N–H and O–H groups in total. The van der Waals surface area contributed by atoms with Crippen molar-refractivity contribution in [3.8, 4) is 0 Å². The van der Waals surface area contributed by atoms with Crippen molar-refractivity contribution in [1.82, 2.24) is 19.9 Å². The molecule has 1 fully saturated rings. The van der Waals surface area contributed by atoms with Crippen LogP contribution in [0.1, 0.15) is 57.8 Å². The van der Waals surface area contributed by atoms with Crippen LogP contribution < -0.4 is 15.5 Å². The lowest BCUT2D eigenvalue weighted by molar-refractivity contribution is 0.243. The SMILES string of the molecule is CC(C)C(NC(=O)Nc1ccc(N(C)C2CCCCC2)c(F)c1)c1nnc2ccccn12. The van der Waals surface area contributed by atoms with E-state index < -0.39 is 6.03 Å². The van der Waals surface area contributed by atoms with Gasteiger partial charge in [0.25, 0.3) is 0 Å². The Labute approximate surface area is 188 Å². The van der Waals surface area contributed by atoms with Crippen molar-refractivity contribution in [2.45, 2.75) is 58.0 Å². The van der Waals surface area contributed by atoms with Crippen molar-refractivity contribution >= 4 is 23.1 Å². The molecule has 170 valence electrons. The first-order valence-corrected chi connectivity index (χ1v) is 11.3. The van der Waals surface area contributed by atoms with E-state index in [1.165, 1.54) is 25.3 Å². The molecule has 1 saturated carbocycles. The number of benzene rings is 1. The Hall–Kier alpha value is -3.16. The summed E-state index contributed by atoms with van der Waals surface area (Å²) in [7, 11) is 1.95. The summed E-state index contributed by atoms with van der Waals surface area (Å²) in [6, 6.07) is 10.1. The van der Waals surface area contributed by atoms with E-state index in [-0.39, 0.29) is 17.8 Å². The van der Waals surface area contributed by atoms with E-state index in [2.05, 4.69) is 20.8 Å². The summed E-state index contributed by atoms with van der Waals surface area (Å²) in [5, 5.41) is 14.2. The standard InChI is InChI=1S/C24H31FN6O/c1-16(2)22(23-29-28-21-11-7-8-14-31(21)23)27-24(32)26-17-12-13-20(19(25)15-17)30(3)18-9-5-4-6-10-18/h7-8,11-16,18,22H,4-6,9-10H2,1-3H3,(H2,26,27,32). The monoisotopic (exact) mass is 438 g/mol. The summed E-state index contributed by atoms with van der Waals surface area (Å²) >= 11 is 0. The minimum absolute atomic E-state index is 0.0802. The normalized spacial score (nSPS) is 15.7. The first-order chi connectivity index (χ1) is 15.4. The number of hydrogen-bond donors (Lipinski definition) is 2. The molecule has 4 rings (SSSR count). The number of amides is 2. The second kappa shape index (κ2) is 9.54. The van der Waals surface area contributed by atoms with Crippen LogP contribution >= 0.6 is 0 Å². The van der Waals surface area contributed by atoms with Crippen molar-refractivity contribution in [2.24, 2.45) is 5.92 Å². The first-order valence-electron chi connectivity index (χ1n) is 11.3. The number of nitrogens with zero attached hydrogens (tertiary/aromatic N) is 4. The van der Waals surface area contributed by atoms with E-state index in [1.807, 2.05) is 54.6 Å². The van der Waals surface area contributed by atoms with Crippen molar-refractivity contribution < 1.29 is 9.18 Å². The molecule has 0 bridgehead atoms. The van der Waals surface area contributed by atoms with Crippen LogP contribution in [-0.2, 0) is 0 Å². The molecule has 8 heteroatoms. The quantitative estimate of drug-likeness (QED) is 0.558. The molecule has 2 heterocycles. The van der Waals surface area contributed by atoms with E-state index >= 15 is 0 Å². The van der Waals surface area contributed by atoms with Gasteiger partial charge in [0.05, 0.1) is 11.7 Å². The number of halogens is 1. The Balaban J connectivity index is 1.45. The summed E-state index contributed by atoms with van der Waals surface area (Å²) in [5.41, 5.74) is 1.70. The van der Waals surface area contributed by atoms with Crippen LogP contribution in [0.2, 0.25) is 0 Å². The molecule has 0 saturated heterocycles. The minimum Gasteiger partial charge on any atom is -0.369 e. The number of carbonyl (C=O) groups excluding carboxylic acids is 1. The van der Waals surface area contributed by atoms with Crippen LogP contribution in [0, 0.1) is 11.7 Å². The van der Waals surface area contributed by atoms with E-state index in [0.29, 0.717) is 23.2 Å². The van der Waals surface area contributed by atoms with Crippen molar-refractivity contribution in [3.63, 3.8) is 0 Å². The number of nitrogens with one attached hydrogen (secondary N) is 2. The van der Waals surface area contributed by atoms with E-state index in [4.69, 9.17) is 0 Å². The van der Waals surface area contributed by atoms with E-state index in [1.54, 1.807) is 12.1 Å². The fourth-order valence-corrected chi connectivity index (χ4v) is 4.45. The van der Waals surface area contributed by atoms with Gasteiger partial charge in [-0.05, 0) is 49.1 Å². The number of pyridine rings is 1.